The van der Waals surface area contributed by atoms with Crippen LogP contribution in [0, 0.1) is 5.92 Å². The summed E-state index contributed by atoms with van der Waals surface area (Å²) in [4.78, 5) is 39.0. The highest BCUT2D eigenvalue weighted by Gasteiger charge is 2.33. The zero-order chi connectivity index (χ0) is 27.8. The molecular formula is C30H36N4O5. The lowest BCUT2D eigenvalue weighted by molar-refractivity contribution is -0.137. The van der Waals surface area contributed by atoms with Crippen LogP contribution >= 0.6 is 0 Å². The van der Waals surface area contributed by atoms with Crippen LogP contribution in [0.5, 0.6) is 5.75 Å². The van der Waals surface area contributed by atoms with Gasteiger partial charge >= 0.3 is 5.97 Å². The molecular weight excluding hydrogens is 496 g/mol. The number of rotatable bonds is 11. The van der Waals surface area contributed by atoms with Crippen LogP contribution in [0.4, 0.5) is 0 Å². The Morgan fingerprint density at radius 1 is 1.08 bits per heavy atom. The average molecular weight is 533 g/mol. The lowest BCUT2D eigenvalue weighted by Crippen LogP contribution is -2.43. The van der Waals surface area contributed by atoms with Gasteiger partial charge in [-0.3, -0.25) is 19.1 Å². The van der Waals surface area contributed by atoms with E-state index in [-0.39, 0.29) is 30.7 Å². The van der Waals surface area contributed by atoms with Crippen LogP contribution in [0.2, 0.25) is 0 Å². The highest BCUT2D eigenvalue weighted by atomic mass is 16.5. The monoisotopic (exact) mass is 532 g/mol. The molecule has 1 atom stereocenters. The SMILES string of the molecule is COc1ccc([C@@H](C(=O)NCCC(=O)O)C2CCN(C(=O)CCc3cccc(-c4cnn(C)c4)c3)CC2)cc1. The third-order valence-corrected chi connectivity index (χ3v) is 7.35. The van der Waals surface area contributed by atoms with Crippen molar-refractivity contribution in [2.24, 2.45) is 13.0 Å². The van der Waals surface area contributed by atoms with Crippen molar-refractivity contribution in [2.45, 2.75) is 38.0 Å². The second-order valence-corrected chi connectivity index (χ2v) is 10.0. The number of amides is 2. The molecule has 2 N–H and O–H groups in total. The van der Waals surface area contributed by atoms with E-state index in [9.17, 15) is 14.4 Å². The van der Waals surface area contributed by atoms with Crippen LogP contribution in [0.3, 0.4) is 0 Å². The highest BCUT2D eigenvalue weighted by molar-refractivity contribution is 5.84. The number of aromatic nitrogens is 2. The third kappa shape index (κ3) is 7.46. The molecule has 3 aromatic rings. The van der Waals surface area contributed by atoms with E-state index in [0.717, 1.165) is 22.3 Å². The van der Waals surface area contributed by atoms with Crippen LogP contribution in [0.1, 0.15) is 42.7 Å². The van der Waals surface area contributed by atoms with Gasteiger partial charge in [-0.05, 0) is 54.0 Å². The van der Waals surface area contributed by atoms with E-state index in [1.54, 1.807) is 11.8 Å². The second-order valence-electron chi connectivity index (χ2n) is 10.0. The van der Waals surface area contributed by atoms with Gasteiger partial charge in [0.15, 0.2) is 0 Å². The van der Waals surface area contributed by atoms with Crippen molar-refractivity contribution in [2.75, 3.05) is 26.7 Å². The Labute approximate surface area is 228 Å². The van der Waals surface area contributed by atoms with E-state index in [0.29, 0.717) is 44.5 Å². The summed E-state index contributed by atoms with van der Waals surface area (Å²) >= 11 is 0. The van der Waals surface area contributed by atoms with Crippen molar-refractivity contribution >= 4 is 17.8 Å². The van der Waals surface area contributed by atoms with E-state index in [1.807, 2.05) is 66.8 Å². The number of benzene rings is 2. The first-order valence-electron chi connectivity index (χ1n) is 13.3. The molecule has 4 rings (SSSR count). The van der Waals surface area contributed by atoms with Gasteiger partial charge in [-0.2, -0.15) is 5.10 Å². The maximum atomic E-state index is 13.2. The number of hydrogen-bond acceptors (Lipinski definition) is 5. The molecule has 2 heterocycles. The van der Waals surface area contributed by atoms with Crippen molar-refractivity contribution in [3.05, 3.63) is 72.1 Å². The molecule has 1 aliphatic rings. The van der Waals surface area contributed by atoms with Gasteiger partial charge in [0.05, 0.1) is 25.6 Å². The fourth-order valence-corrected chi connectivity index (χ4v) is 5.22. The Morgan fingerprint density at radius 2 is 1.82 bits per heavy atom. The normalized spacial score (nSPS) is 14.6. The molecule has 1 aliphatic heterocycles. The van der Waals surface area contributed by atoms with E-state index >= 15 is 0 Å². The largest absolute Gasteiger partial charge is 0.497 e. The Hall–Kier alpha value is -4.14. The molecule has 9 heteroatoms. The predicted molar refractivity (Wildman–Crippen MR) is 147 cm³/mol. The molecule has 2 aromatic carbocycles. The smallest absolute Gasteiger partial charge is 0.305 e. The van der Waals surface area contributed by atoms with Crippen molar-refractivity contribution in [3.63, 3.8) is 0 Å². The van der Waals surface area contributed by atoms with Crippen LogP contribution < -0.4 is 10.1 Å². The number of ether oxygens (including phenoxy) is 1. The number of methoxy groups -OCH3 is 1. The minimum absolute atomic E-state index is 0.0448. The van der Waals surface area contributed by atoms with Gasteiger partial charge in [-0.1, -0.05) is 36.4 Å². The number of carbonyl (C=O) groups is 3. The van der Waals surface area contributed by atoms with Gasteiger partial charge < -0.3 is 20.1 Å². The number of carbonyl (C=O) groups excluding carboxylic acids is 2. The zero-order valence-corrected chi connectivity index (χ0v) is 22.5. The summed E-state index contributed by atoms with van der Waals surface area (Å²) in [6.07, 6.45) is 6.17. The maximum absolute atomic E-state index is 13.2. The number of piperidine rings is 1. The van der Waals surface area contributed by atoms with Crippen molar-refractivity contribution in [1.29, 1.82) is 0 Å². The van der Waals surface area contributed by atoms with Crippen LogP contribution in [-0.4, -0.2) is 64.3 Å². The molecule has 0 unspecified atom stereocenters. The van der Waals surface area contributed by atoms with Gasteiger partial charge in [0.2, 0.25) is 11.8 Å². The molecule has 0 bridgehead atoms. The molecule has 9 nitrogen and oxygen atoms in total. The Balaban J connectivity index is 1.35. The summed E-state index contributed by atoms with van der Waals surface area (Å²) in [5.41, 5.74) is 4.10. The molecule has 0 spiro atoms. The fraction of sp³-hybridized carbons (Fsp3) is 0.400. The summed E-state index contributed by atoms with van der Waals surface area (Å²) in [6.45, 7) is 1.27. The molecule has 0 radical (unpaired) electrons. The Morgan fingerprint density at radius 3 is 2.46 bits per heavy atom. The Kier molecular flexibility index (Phi) is 9.35. The number of aliphatic carboxylic acids is 1. The summed E-state index contributed by atoms with van der Waals surface area (Å²) in [7, 11) is 3.48. The van der Waals surface area contributed by atoms with Gasteiger partial charge in [-0.15, -0.1) is 0 Å². The highest BCUT2D eigenvalue weighted by Crippen LogP contribution is 2.34. The van der Waals surface area contributed by atoms with E-state index in [4.69, 9.17) is 9.84 Å². The number of aryl methyl sites for hydroxylation is 2. The molecule has 2 amide bonds. The number of carboxylic acids is 1. The van der Waals surface area contributed by atoms with E-state index < -0.39 is 11.9 Å². The summed E-state index contributed by atoms with van der Waals surface area (Å²) in [6, 6.07) is 15.6. The lowest BCUT2D eigenvalue weighted by Gasteiger charge is -2.36. The van der Waals surface area contributed by atoms with Crippen LogP contribution in [-0.2, 0) is 27.9 Å². The first-order chi connectivity index (χ1) is 18.8. The molecule has 1 saturated heterocycles. The predicted octanol–water partition coefficient (Wildman–Crippen LogP) is 3.64. The summed E-state index contributed by atoms with van der Waals surface area (Å²) in [5, 5.41) is 16.0. The minimum Gasteiger partial charge on any atom is -0.497 e. The molecule has 0 saturated carbocycles. The molecule has 0 aliphatic carbocycles. The van der Waals surface area contributed by atoms with Crippen molar-refractivity contribution in [3.8, 4) is 16.9 Å². The standard InChI is InChI=1S/C30H36N4O5/c1-33-20-25(19-32-33)24-5-3-4-21(18-24)6-11-27(35)34-16-13-23(14-17-34)29(30(38)31-15-12-28(36)37)22-7-9-26(39-2)10-8-22/h3-5,7-10,18-20,23,29H,6,11-17H2,1-2H3,(H,31,38)(H,36,37)/t29-/m1/s1. The van der Waals surface area contributed by atoms with Crippen molar-refractivity contribution in [1.82, 2.24) is 20.0 Å². The molecule has 1 aromatic heterocycles. The average Bonchev–Trinajstić information content (AvgIpc) is 3.39. The van der Waals surface area contributed by atoms with Crippen molar-refractivity contribution < 1.29 is 24.2 Å². The first kappa shape index (κ1) is 27.9. The number of hydrogen-bond donors (Lipinski definition) is 2. The van der Waals surface area contributed by atoms with E-state index in [1.165, 1.54) is 0 Å². The van der Waals surface area contributed by atoms with Crippen LogP contribution in [0.15, 0.2) is 60.9 Å². The van der Waals surface area contributed by atoms with Gasteiger partial charge in [-0.25, -0.2) is 0 Å². The Bertz CT molecular complexity index is 1280. The fourth-order valence-electron chi connectivity index (χ4n) is 5.22. The van der Waals surface area contributed by atoms with E-state index in [2.05, 4.69) is 16.5 Å². The van der Waals surface area contributed by atoms with Gasteiger partial charge in [0.1, 0.15) is 5.75 Å². The number of likely N-dealkylation sites (tertiary alicyclic amines) is 1. The lowest BCUT2D eigenvalue weighted by atomic mass is 9.79. The van der Waals surface area contributed by atoms with Crippen LogP contribution in [0.25, 0.3) is 11.1 Å². The van der Waals surface area contributed by atoms with Gasteiger partial charge in [0.25, 0.3) is 0 Å². The summed E-state index contributed by atoms with van der Waals surface area (Å²) in [5.74, 6) is -0.686. The first-order valence-corrected chi connectivity index (χ1v) is 13.3. The second kappa shape index (κ2) is 13.1. The maximum Gasteiger partial charge on any atom is 0.305 e. The van der Waals surface area contributed by atoms with Gasteiger partial charge in [0, 0.05) is 44.9 Å². The third-order valence-electron chi connectivity index (χ3n) is 7.35. The molecule has 206 valence electrons. The minimum atomic E-state index is -0.952. The molecule has 1 fully saturated rings. The number of nitrogens with zero attached hydrogens (tertiary/aromatic N) is 3. The molecule has 39 heavy (non-hydrogen) atoms. The zero-order valence-electron chi connectivity index (χ0n) is 22.5. The summed E-state index contributed by atoms with van der Waals surface area (Å²) < 4.78 is 7.03. The number of nitrogens with one attached hydrogen (secondary N) is 1. The topological polar surface area (TPSA) is 114 Å². The quantitative estimate of drug-likeness (QED) is 0.390. The number of carboxylic acid groups (broad SMARTS) is 1.